The van der Waals surface area contributed by atoms with Crippen LogP contribution < -0.4 is 5.56 Å². The van der Waals surface area contributed by atoms with E-state index in [1.165, 1.54) is 12.1 Å². The molecule has 0 aliphatic carbocycles. The van der Waals surface area contributed by atoms with Crippen molar-refractivity contribution in [3.63, 3.8) is 0 Å². The quantitative estimate of drug-likeness (QED) is 0.770. The molecule has 3 nitrogen and oxygen atoms in total. The lowest BCUT2D eigenvalue weighted by Gasteiger charge is -2.04. The number of hydrogen-bond acceptors (Lipinski definition) is 1. The van der Waals surface area contributed by atoms with Crippen LogP contribution in [0, 0.1) is 5.82 Å². The van der Waals surface area contributed by atoms with Crippen LogP contribution in [-0.2, 0) is 6.18 Å². The monoisotopic (exact) mass is 246 g/mol. The Kier molecular flexibility index (Phi) is 2.53. The van der Waals surface area contributed by atoms with Gasteiger partial charge in [0, 0.05) is 6.07 Å². The molecule has 0 aliphatic heterocycles. The number of rotatable bonds is 1. The summed E-state index contributed by atoms with van der Waals surface area (Å²) in [5, 5.41) is 1.91. The van der Waals surface area contributed by atoms with Crippen LogP contribution in [0.4, 0.5) is 17.6 Å². The van der Waals surface area contributed by atoms with Gasteiger partial charge in [-0.05, 0) is 24.3 Å². The van der Waals surface area contributed by atoms with Gasteiger partial charge in [-0.2, -0.15) is 13.2 Å². The first-order valence-electron chi connectivity index (χ1n) is 4.53. The lowest BCUT2D eigenvalue weighted by atomic mass is 10.3. The highest BCUT2D eigenvalue weighted by Gasteiger charge is 2.33. The third kappa shape index (κ3) is 2.22. The number of aromatic nitrogens is 2. The molecule has 1 heterocycles. The maximum Gasteiger partial charge on any atom is 0.432 e. The van der Waals surface area contributed by atoms with Gasteiger partial charge in [0.15, 0.2) is 0 Å². The second-order valence-corrected chi connectivity index (χ2v) is 3.32. The number of benzene rings is 1. The van der Waals surface area contributed by atoms with Crippen LogP contribution in [0.2, 0.25) is 0 Å². The van der Waals surface area contributed by atoms with Gasteiger partial charge in [0.1, 0.15) is 11.5 Å². The highest BCUT2D eigenvalue weighted by molar-refractivity contribution is 5.31. The van der Waals surface area contributed by atoms with Crippen molar-refractivity contribution < 1.29 is 17.6 Å². The maximum absolute atomic E-state index is 12.6. The molecule has 0 amide bonds. The Labute approximate surface area is 92.3 Å². The summed E-state index contributed by atoms with van der Waals surface area (Å²) in [7, 11) is 0. The lowest BCUT2D eigenvalue weighted by Crippen LogP contribution is -2.13. The van der Waals surface area contributed by atoms with Gasteiger partial charge < -0.3 is 0 Å². The van der Waals surface area contributed by atoms with Crippen molar-refractivity contribution in [1.82, 2.24) is 9.78 Å². The Hall–Kier alpha value is -2.05. The Morgan fingerprint density at radius 1 is 1.12 bits per heavy atom. The zero-order valence-corrected chi connectivity index (χ0v) is 8.25. The Morgan fingerprint density at radius 3 is 2.18 bits per heavy atom. The molecular formula is C10H6F4N2O. The minimum atomic E-state index is -4.62. The van der Waals surface area contributed by atoms with E-state index in [1.54, 1.807) is 0 Å². The van der Waals surface area contributed by atoms with E-state index in [0.717, 1.165) is 12.1 Å². The summed E-state index contributed by atoms with van der Waals surface area (Å²) in [5.74, 6) is -0.538. The number of halogens is 4. The highest BCUT2D eigenvalue weighted by atomic mass is 19.4. The first kappa shape index (κ1) is 11.4. The zero-order valence-electron chi connectivity index (χ0n) is 8.25. The smallest absolute Gasteiger partial charge is 0.286 e. The number of aromatic amines is 1. The predicted molar refractivity (Wildman–Crippen MR) is 51.3 cm³/mol. The molecule has 0 spiro atoms. The summed E-state index contributed by atoms with van der Waals surface area (Å²) in [4.78, 5) is 11.3. The van der Waals surface area contributed by atoms with E-state index < -0.39 is 23.2 Å². The lowest BCUT2D eigenvalue weighted by molar-refractivity contribution is -0.141. The molecular weight excluding hydrogens is 240 g/mol. The van der Waals surface area contributed by atoms with Crippen molar-refractivity contribution in [2.45, 2.75) is 6.18 Å². The molecule has 0 fully saturated rings. The van der Waals surface area contributed by atoms with Crippen LogP contribution in [-0.4, -0.2) is 9.78 Å². The summed E-state index contributed by atoms with van der Waals surface area (Å²) >= 11 is 0. The molecule has 0 saturated heterocycles. The summed E-state index contributed by atoms with van der Waals surface area (Å²) in [6, 6.07) is 4.95. The average Bonchev–Trinajstić information content (AvgIpc) is 2.61. The molecule has 0 unspecified atom stereocenters. The van der Waals surface area contributed by atoms with Crippen molar-refractivity contribution in [1.29, 1.82) is 0 Å². The number of alkyl halides is 3. The van der Waals surface area contributed by atoms with E-state index in [0.29, 0.717) is 10.7 Å². The van der Waals surface area contributed by atoms with Gasteiger partial charge in [-0.1, -0.05) is 0 Å². The van der Waals surface area contributed by atoms with Crippen LogP contribution in [0.25, 0.3) is 5.69 Å². The molecule has 2 rings (SSSR count). The number of H-pyrrole nitrogens is 1. The van der Waals surface area contributed by atoms with Crippen molar-refractivity contribution >= 4 is 0 Å². The molecule has 0 atom stereocenters. The number of nitrogens with zero attached hydrogens (tertiary/aromatic N) is 1. The van der Waals surface area contributed by atoms with E-state index >= 15 is 0 Å². The molecule has 0 bridgehead atoms. The molecule has 1 aromatic carbocycles. The van der Waals surface area contributed by atoms with Crippen LogP contribution in [0.3, 0.4) is 0 Å². The SMILES string of the molecule is O=c1cc(C(F)(F)F)[nH]n1-c1ccc(F)cc1. The third-order valence-corrected chi connectivity index (χ3v) is 2.11. The average molecular weight is 246 g/mol. The van der Waals surface area contributed by atoms with E-state index in [2.05, 4.69) is 0 Å². The normalized spacial score (nSPS) is 11.8. The molecule has 2 aromatic rings. The van der Waals surface area contributed by atoms with Crippen molar-refractivity contribution in [3.05, 3.63) is 52.2 Å². The second kappa shape index (κ2) is 3.76. The largest absolute Gasteiger partial charge is 0.432 e. The first-order valence-corrected chi connectivity index (χ1v) is 4.53. The van der Waals surface area contributed by atoms with E-state index in [-0.39, 0.29) is 5.69 Å². The second-order valence-electron chi connectivity index (χ2n) is 3.32. The minimum absolute atomic E-state index is 0.131. The minimum Gasteiger partial charge on any atom is -0.286 e. The fourth-order valence-corrected chi connectivity index (χ4v) is 1.32. The molecule has 0 aliphatic rings. The Bertz CT molecular complexity index is 580. The van der Waals surface area contributed by atoms with Crippen LogP contribution in [0.15, 0.2) is 35.1 Å². The van der Waals surface area contributed by atoms with Gasteiger partial charge in [-0.15, -0.1) is 0 Å². The molecule has 90 valence electrons. The predicted octanol–water partition coefficient (Wildman–Crippen LogP) is 2.32. The van der Waals surface area contributed by atoms with Crippen molar-refractivity contribution in [2.75, 3.05) is 0 Å². The van der Waals surface area contributed by atoms with Crippen molar-refractivity contribution in [3.8, 4) is 5.69 Å². The van der Waals surface area contributed by atoms with E-state index in [4.69, 9.17) is 0 Å². The summed E-state index contributed by atoms with van der Waals surface area (Å²) in [5.41, 5.74) is -1.87. The van der Waals surface area contributed by atoms with E-state index in [9.17, 15) is 22.4 Å². The first-order chi connectivity index (χ1) is 7.88. The Balaban J connectivity index is 2.50. The molecule has 1 N–H and O–H groups in total. The van der Waals surface area contributed by atoms with Crippen LogP contribution in [0.1, 0.15) is 5.69 Å². The number of hydrogen-bond donors (Lipinski definition) is 1. The van der Waals surface area contributed by atoms with Gasteiger partial charge in [-0.25, -0.2) is 9.07 Å². The molecule has 0 saturated carbocycles. The van der Waals surface area contributed by atoms with Gasteiger partial charge in [0.25, 0.3) is 5.56 Å². The zero-order chi connectivity index (χ0) is 12.6. The van der Waals surface area contributed by atoms with Gasteiger partial charge in [0.2, 0.25) is 0 Å². The standard InChI is InChI=1S/C10H6F4N2O/c11-6-1-3-7(4-2-6)16-9(17)5-8(15-16)10(12,13)14/h1-5,15H. The molecule has 0 radical (unpaired) electrons. The molecule has 7 heteroatoms. The van der Waals surface area contributed by atoms with Crippen LogP contribution >= 0.6 is 0 Å². The number of nitrogens with one attached hydrogen (secondary N) is 1. The van der Waals surface area contributed by atoms with Gasteiger partial charge in [-0.3, -0.25) is 9.89 Å². The van der Waals surface area contributed by atoms with E-state index in [1.807, 2.05) is 5.10 Å². The third-order valence-electron chi connectivity index (χ3n) is 2.11. The van der Waals surface area contributed by atoms with Crippen LogP contribution in [0.5, 0.6) is 0 Å². The highest BCUT2D eigenvalue weighted by Crippen LogP contribution is 2.26. The fraction of sp³-hybridized carbons (Fsp3) is 0.100. The summed E-state index contributed by atoms with van der Waals surface area (Å²) < 4.78 is 50.3. The van der Waals surface area contributed by atoms with Gasteiger partial charge in [0.05, 0.1) is 5.69 Å². The van der Waals surface area contributed by atoms with Gasteiger partial charge >= 0.3 is 6.18 Å². The molecule has 1 aromatic heterocycles. The molecule has 17 heavy (non-hydrogen) atoms. The van der Waals surface area contributed by atoms with Crippen molar-refractivity contribution in [2.24, 2.45) is 0 Å². The summed E-state index contributed by atoms with van der Waals surface area (Å²) in [6.07, 6.45) is -4.62. The maximum atomic E-state index is 12.6. The summed E-state index contributed by atoms with van der Waals surface area (Å²) in [6.45, 7) is 0. The topological polar surface area (TPSA) is 37.8 Å². The fourth-order valence-electron chi connectivity index (χ4n) is 1.32. The Morgan fingerprint density at radius 2 is 1.71 bits per heavy atom.